The van der Waals surface area contributed by atoms with E-state index in [9.17, 15) is 0 Å². The summed E-state index contributed by atoms with van der Waals surface area (Å²) in [6.45, 7) is 2.10. The molecular formula is C13H18N4S. The molecule has 4 nitrogen and oxygen atoms in total. The average molecular weight is 262 g/mol. The van der Waals surface area contributed by atoms with Crippen molar-refractivity contribution in [2.24, 2.45) is 5.73 Å². The van der Waals surface area contributed by atoms with Crippen molar-refractivity contribution < 1.29 is 0 Å². The fraction of sp³-hybridized carbons (Fsp3) is 0.538. The van der Waals surface area contributed by atoms with Gasteiger partial charge in [-0.05, 0) is 25.8 Å². The van der Waals surface area contributed by atoms with Crippen molar-refractivity contribution in [3.05, 3.63) is 17.3 Å². The van der Waals surface area contributed by atoms with E-state index in [4.69, 9.17) is 5.73 Å². The second-order valence-electron chi connectivity index (χ2n) is 5.00. The lowest BCUT2D eigenvalue weighted by molar-refractivity contribution is 0.403. The Morgan fingerprint density at radius 2 is 2.17 bits per heavy atom. The molecule has 3 rings (SSSR count). The summed E-state index contributed by atoms with van der Waals surface area (Å²) in [6.07, 6.45) is 6.37. The van der Waals surface area contributed by atoms with E-state index in [0.29, 0.717) is 6.04 Å². The molecule has 5 heteroatoms. The summed E-state index contributed by atoms with van der Waals surface area (Å²) in [6, 6.07) is 2.73. The minimum atomic E-state index is 0.239. The number of nitrogens with one attached hydrogen (secondary N) is 1. The van der Waals surface area contributed by atoms with Gasteiger partial charge in [0.2, 0.25) is 0 Å². The Hall–Kier alpha value is -1.20. The van der Waals surface area contributed by atoms with Crippen LogP contribution in [0.2, 0.25) is 0 Å². The zero-order valence-corrected chi connectivity index (χ0v) is 11.3. The maximum absolute atomic E-state index is 6.17. The molecule has 3 N–H and O–H groups in total. The van der Waals surface area contributed by atoms with Crippen molar-refractivity contribution in [3.63, 3.8) is 0 Å². The second kappa shape index (κ2) is 4.82. The summed E-state index contributed by atoms with van der Waals surface area (Å²) in [4.78, 5) is 11.0. The molecule has 2 atom stereocenters. The minimum Gasteiger partial charge on any atom is -0.365 e. The summed E-state index contributed by atoms with van der Waals surface area (Å²) in [7, 11) is 0. The van der Waals surface area contributed by atoms with Crippen LogP contribution in [0.15, 0.2) is 12.4 Å². The Bertz CT molecular complexity index is 551. The lowest BCUT2D eigenvalue weighted by Gasteiger charge is -2.29. The highest BCUT2D eigenvalue weighted by Gasteiger charge is 2.22. The van der Waals surface area contributed by atoms with Crippen molar-refractivity contribution in [2.45, 2.75) is 44.7 Å². The highest BCUT2D eigenvalue weighted by molar-refractivity contribution is 7.18. The molecule has 2 aromatic rings. The van der Waals surface area contributed by atoms with E-state index in [2.05, 4.69) is 28.3 Å². The average Bonchev–Trinajstić information content (AvgIpc) is 2.73. The predicted octanol–water partition coefficient (Wildman–Crippen LogP) is 2.68. The number of thiophene rings is 1. The van der Waals surface area contributed by atoms with Crippen LogP contribution in [0, 0.1) is 6.92 Å². The lowest BCUT2D eigenvalue weighted by atomic mass is 9.91. The van der Waals surface area contributed by atoms with Crippen LogP contribution >= 0.6 is 11.3 Å². The number of rotatable bonds is 2. The van der Waals surface area contributed by atoms with E-state index in [1.54, 1.807) is 17.7 Å². The molecule has 0 amide bonds. The molecule has 0 spiro atoms. The fourth-order valence-electron chi connectivity index (χ4n) is 2.61. The molecule has 1 saturated carbocycles. The maximum atomic E-state index is 6.17. The van der Waals surface area contributed by atoms with Gasteiger partial charge in [0.25, 0.3) is 0 Å². The van der Waals surface area contributed by atoms with E-state index in [1.165, 1.54) is 17.7 Å². The standard InChI is InChI=1S/C13H18N4S/c1-8-6-9-12(15-7-16-13(9)18-8)17-11-5-3-2-4-10(11)14/h6-7,10-11H,2-5,14H2,1H3,(H,15,16,17). The third kappa shape index (κ3) is 2.20. The van der Waals surface area contributed by atoms with Crippen LogP contribution in [-0.2, 0) is 0 Å². The Morgan fingerprint density at radius 3 is 3.00 bits per heavy atom. The van der Waals surface area contributed by atoms with Crippen LogP contribution in [0.3, 0.4) is 0 Å². The summed E-state index contributed by atoms with van der Waals surface area (Å²) >= 11 is 1.71. The zero-order chi connectivity index (χ0) is 12.5. The van der Waals surface area contributed by atoms with Crippen molar-refractivity contribution in [3.8, 4) is 0 Å². The van der Waals surface area contributed by atoms with Gasteiger partial charge in [0, 0.05) is 17.0 Å². The largest absolute Gasteiger partial charge is 0.365 e. The first kappa shape index (κ1) is 11.9. The Labute approximate surface area is 111 Å². The van der Waals surface area contributed by atoms with Gasteiger partial charge >= 0.3 is 0 Å². The molecule has 0 bridgehead atoms. The minimum absolute atomic E-state index is 0.239. The summed E-state index contributed by atoms with van der Waals surface area (Å²) < 4.78 is 0. The van der Waals surface area contributed by atoms with Gasteiger partial charge in [-0.15, -0.1) is 11.3 Å². The Balaban J connectivity index is 1.89. The second-order valence-corrected chi connectivity index (χ2v) is 6.23. The van der Waals surface area contributed by atoms with Gasteiger partial charge in [-0.2, -0.15) is 0 Å². The first-order chi connectivity index (χ1) is 8.74. The van der Waals surface area contributed by atoms with Gasteiger partial charge in [0.05, 0.1) is 5.39 Å². The topological polar surface area (TPSA) is 63.8 Å². The zero-order valence-electron chi connectivity index (χ0n) is 10.5. The fourth-order valence-corrected chi connectivity index (χ4v) is 3.45. The SMILES string of the molecule is Cc1cc2c(NC3CCCCC3N)ncnc2s1. The van der Waals surface area contributed by atoms with E-state index in [1.807, 2.05) is 0 Å². The number of aromatic nitrogens is 2. The molecule has 0 saturated heterocycles. The van der Waals surface area contributed by atoms with Crippen molar-refractivity contribution in [1.82, 2.24) is 9.97 Å². The van der Waals surface area contributed by atoms with Gasteiger partial charge in [-0.25, -0.2) is 9.97 Å². The molecular weight excluding hydrogens is 244 g/mol. The van der Waals surface area contributed by atoms with Gasteiger partial charge in [-0.3, -0.25) is 0 Å². The molecule has 1 fully saturated rings. The van der Waals surface area contributed by atoms with Crippen LogP contribution in [-0.4, -0.2) is 22.1 Å². The molecule has 1 aliphatic rings. The molecule has 0 aromatic carbocycles. The Kier molecular flexibility index (Phi) is 3.18. The summed E-state index contributed by atoms with van der Waals surface area (Å²) in [5, 5.41) is 4.64. The van der Waals surface area contributed by atoms with Crippen LogP contribution in [0.25, 0.3) is 10.2 Å². The predicted molar refractivity (Wildman–Crippen MR) is 76.0 cm³/mol. The van der Waals surface area contributed by atoms with Gasteiger partial charge < -0.3 is 11.1 Å². The first-order valence-corrected chi connectivity index (χ1v) is 7.29. The maximum Gasteiger partial charge on any atom is 0.138 e. The molecule has 18 heavy (non-hydrogen) atoms. The van der Waals surface area contributed by atoms with Gasteiger partial charge in [0.1, 0.15) is 17.0 Å². The van der Waals surface area contributed by atoms with Gasteiger partial charge in [0.15, 0.2) is 0 Å². The third-order valence-electron chi connectivity index (χ3n) is 3.59. The summed E-state index contributed by atoms with van der Waals surface area (Å²) in [5.41, 5.74) is 6.17. The van der Waals surface area contributed by atoms with E-state index in [0.717, 1.165) is 28.9 Å². The molecule has 96 valence electrons. The number of hydrogen-bond donors (Lipinski definition) is 2. The highest BCUT2D eigenvalue weighted by Crippen LogP contribution is 2.29. The summed E-state index contributed by atoms with van der Waals surface area (Å²) in [5.74, 6) is 0.937. The van der Waals surface area contributed by atoms with Crippen LogP contribution in [0.4, 0.5) is 5.82 Å². The van der Waals surface area contributed by atoms with E-state index in [-0.39, 0.29) is 6.04 Å². The van der Waals surface area contributed by atoms with Crippen LogP contribution < -0.4 is 11.1 Å². The number of nitrogens with zero attached hydrogens (tertiary/aromatic N) is 2. The van der Waals surface area contributed by atoms with E-state index < -0.39 is 0 Å². The van der Waals surface area contributed by atoms with E-state index >= 15 is 0 Å². The molecule has 1 aliphatic carbocycles. The third-order valence-corrected chi connectivity index (χ3v) is 4.55. The Morgan fingerprint density at radius 1 is 1.33 bits per heavy atom. The molecule has 2 aromatic heterocycles. The number of aryl methyl sites for hydroxylation is 1. The molecule has 0 aliphatic heterocycles. The monoisotopic (exact) mass is 262 g/mol. The molecule has 2 heterocycles. The number of nitrogens with two attached hydrogens (primary N) is 1. The van der Waals surface area contributed by atoms with Crippen LogP contribution in [0.1, 0.15) is 30.6 Å². The highest BCUT2D eigenvalue weighted by atomic mass is 32.1. The van der Waals surface area contributed by atoms with Gasteiger partial charge in [-0.1, -0.05) is 12.8 Å². The van der Waals surface area contributed by atoms with Crippen LogP contribution in [0.5, 0.6) is 0 Å². The van der Waals surface area contributed by atoms with Crippen molar-refractivity contribution >= 4 is 27.4 Å². The van der Waals surface area contributed by atoms with Crippen molar-refractivity contribution in [1.29, 1.82) is 0 Å². The van der Waals surface area contributed by atoms with Crippen molar-refractivity contribution in [2.75, 3.05) is 5.32 Å². The number of hydrogen-bond acceptors (Lipinski definition) is 5. The lowest BCUT2D eigenvalue weighted by Crippen LogP contribution is -2.42. The smallest absolute Gasteiger partial charge is 0.138 e. The quantitative estimate of drug-likeness (QED) is 0.873. The molecule has 2 unspecified atom stereocenters. The molecule has 0 radical (unpaired) electrons. The number of fused-ring (bicyclic) bond motifs is 1. The normalized spacial score (nSPS) is 24.3. The number of anilines is 1. The first-order valence-electron chi connectivity index (χ1n) is 6.47.